The molecule has 0 radical (unpaired) electrons. The minimum atomic E-state index is -0.474. The van der Waals surface area contributed by atoms with Gasteiger partial charge in [-0.05, 0) is 54.8 Å². The van der Waals surface area contributed by atoms with E-state index in [1.54, 1.807) is 22.9 Å². The first kappa shape index (κ1) is 27.2. The molecule has 36 heavy (non-hydrogen) atoms. The van der Waals surface area contributed by atoms with Crippen LogP contribution in [0.15, 0.2) is 54.6 Å². The third-order valence-electron chi connectivity index (χ3n) is 5.49. The fourth-order valence-electron chi connectivity index (χ4n) is 3.41. The smallest absolute Gasteiger partial charge is 0.315 e. The largest absolute Gasteiger partial charge is 0.322 e. The highest BCUT2D eigenvalue weighted by atomic mass is 35.5. The number of carbonyl (C=O) groups excluding carboxylic acids is 2. The van der Waals surface area contributed by atoms with Gasteiger partial charge in [0, 0.05) is 28.7 Å². The summed E-state index contributed by atoms with van der Waals surface area (Å²) in [6.07, 6.45) is 0.709. The van der Waals surface area contributed by atoms with Crippen LogP contribution in [0.2, 0.25) is 5.02 Å². The Morgan fingerprint density at radius 1 is 1.08 bits per heavy atom. The predicted octanol–water partition coefficient (Wildman–Crippen LogP) is 6.48. The van der Waals surface area contributed by atoms with Gasteiger partial charge in [0.2, 0.25) is 5.91 Å². The summed E-state index contributed by atoms with van der Waals surface area (Å²) in [5, 5.41) is 10.9. The van der Waals surface area contributed by atoms with Crippen LogP contribution in [-0.2, 0) is 10.2 Å². The molecule has 0 spiro atoms. The number of amides is 3. The average molecular weight is 514 g/mol. The van der Waals surface area contributed by atoms with Crippen LogP contribution in [-0.4, -0.2) is 39.7 Å². The lowest BCUT2D eigenvalue weighted by atomic mass is 9.92. The molecule has 0 aliphatic heterocycles. The maximum atomic E-state index is 13.6. The van der Waals surface area contributed by atoms with E-state index in [1.165, 1.54) is 23.1 Å². The number of carbonyl (C=O) groups is 2. The lowest BCUT2D eigenvalue weighted by molar-refractivity contribution is -0.116. The molecule has 3 rings (SSSR count). The molecule has 0 aliphatic rings. The molecule has 0 unspecified atom stereocenters. The van der Waals surface area contributed by atoms with Gasteiger partial charge in [0.15, 0.2) is 0 Å². The van der Waals surface area contributed by atoms with Gasteiger partial charge in [-0.1, -0.05) is 52.3 Å². The summed E-state index contributed by atoms with van der Waals surface area (Å²) in [6.45, 7) is 10.4. The molecule has 3 aromatic rings. The van der Waals surface area contributed by atoms with Crippen molar-refractivity contribution in [3.8, 4) is 5.69 Å². The van der Waals surface area contributed by atoms with Crippen molar-refractivity contribution in [3.63, 3.8) is 0 Å². The van der Waals surface area contributed by atoms with Gasteiger partial charge in [-0.2, -0.15) is 5.10 Å². The summed E-state index contributed by atoms with van der Waals surface area (Å²) in [4.78, 5) is 27.5. The standard InChI is InChI=1S/C27H33ClFN5O2/c1-18(2)13-14-33(26(36)30-21-8-6-7-20(29)15-21)17-25(35)31-24-16-23(27(3,4)5)32-34(24)22-11-9-19(28)10-12-22/h6-12,15-16,18H,13-14,17H2,1-5H3,(H,30,36)(H,31,35). The van der Waals surface area contributed by atoms with Crippen molar-refractivity contribution in [1.29, 1.82) is 0 Å². The average Bonchev–Trinajstić information content (AvgIpc) is 3.21. The van der Waals surface area contributed by atoms with E-state index in [-0.39, 0.29) is 17.9 Å². The van der Waals surface area contributed by atoms with E-state index in [4.69, 9.17) is 16.7 Å². The zero-order valence-corrected chi connectivity index (χ0v) is 22.1. The number of anilines is 2. The van der Waals surface area contributed by atoms with Crippen molar-refractivity contribution in [2.45, 2.75) is 46.5 Å². The third-order valence-corrected chi connectivity index (χ3v) is 5.74. The van der Waals surface area contributed by atoms with Crippen molar-refractivity contribution < 1.29 is 14.0 Å². The second-order valence-electron chi connectivity index (χ2n) is 10.1. The van der Waals surface area contributed by atoms with Gasteiger partial charge in [0.05, 0.1) is 11.4 Å². The molecule has 0 bridgehead atoms. The SMILES string of the molecule is CC(C)CCN(CC(=O)Nc1cc(C(C)(C)C)nn1-c1ccc(Cl)cc1)C(=O)Nc1cccc(F)c1. The Labute approximate surface area is 216 Å². The molecule has 0 atom stereocenters. The van der Waals surface area contributed by atoms with Crippen molar-refractivity contribution in [2.24, 2.45) is 5.92 Å². The monoisotopic (exact) mass is 513 g/mol. The number of halogens is 2. The first-order valence-corrected chi connectivity index (χ1v) is 12.3. The Hall–Kier alpha value is -3.39. The first-order chi connectivity index (χ1) is 16.9. The van der Waals surface area contributed by atoms with Crippen LogP contribution >= 0.6 is 11.6 Å². The fraction of sp³-hybridized carbons (Fsp3) is 0.370. The second kappa shape index (κ2) is 11.6. The number of benzene rings is 2. The highest BCUT2D eigenvalue weighted by Crippen LogP contribution is 2.27. The van der Waals surface area contributed by atoms with E-state index in [0.717, 1.165) is 11.4 Å². The topological polar surface area (TPSA) is 79.3 Å². The van der Waals surface area contributed by atoms with Gasteiger partial charge >= 0.3 is 6.03 Å². The van der Waals surface area contributed by atoms with E-state index in [2.05, 4.69) is 10.6 Å². The summed E-state index contributed by atoms with van der Waals surface area (Å²) in [5.74, 6) is -0.00656. The predicted molar refractivity (Wildman–Crippen MR) is 142 cm³/mol. The zero-order valence-electron chi connectivity index (χ0n) is 21.3. The van der Waals surface area contributed by atoms with Crippen LogP contribution in [0.1, 0.15) is 46.7 Å². The van der Waals surface area contributed by atoms with Crippen LogP contribution in [0, 0.1) is 11.7 Å². The Morgan fingerprint density at radius 2 is 1.78 bits per heavy atom. The minimum absolute atomic E-state index is 0.176. The molecule has 1 aromatic heterocycles. The van der Waals surface area contributed by atoms with Gasteiger partial charge in [0.25, 0.3) is 0 Å². The Bertz CT molecular complexity index is 1200. The van der Waals surface area contributed by atoms with E-state index in [9.17, 15) is 14.0 Å². The van der Waals surface area contributed by atoms with E-state index in [1.807, 2.05) is 52.8 Å². The molecular weight excluding hydrogens is 481 g/mol. The van der Waals surface area contributed by atoms with Crippen molar-refractivity contribution in [1.82, 2.24) is 14.7 Å². The molecular formula is C27H33ClFN5O2. The number of urea groups is 1. The fourth-order valence-corrected chi connectivity index (χ4v) is 3.53. The van der Waals surface area contributed by atoms with Crippen molar-refractivity contribution in [2.75, 3.05) is 23.7 Å². The molecule has 0 saturated heterocycles. The molecule has 0 fully saturated rings. The summed E-state index contributed by atoms with van der Waals surface area (Å²) >= 11 is 6.04. The van der Waals surface area contributed by atoms with Gasteiger partial charge < -0.3 is 15.5 Å². The summed E-state index contributed by atoms with van der Waals surface area (Å²) in [7, 11) is 0. The Balaban J connectivity index is 1.81. The minimum Gasteiger partial charge on any atom is -0.315 e. The van der Waals surface area contributed by atoms with Crippen LogP contribution < -0.4 is 10.6 Å². The maximum absolute atomic E-state index is 13.6. The van der Waals surface area contributed by atoms with Gasteiger partial charge in [-0.3, -0.25) is 4.79 Å². The van der Waals surface area contributed by atoms with Gasteiger partial charge in [-0.15, -0.1) is 0 Å². The number of aromatic nitrogens is 2. The van der Waals surface area contributed by atoms with Crippen LogP contribution in [0.3, 0.4) is 0 Å². The number of nitrogens with one attached hydrogen (secondary N) is 2. The molecule has 0 saturated carbocycles. The molecule has 9 heteroatoms. The quantitative estimate of drug-likeness (QED) is 0.361. The third kappa shape index (κ3) is 7.55. The van der Waals surface area contributed by atoms with Gasteiger partial charge in [-0.25, -0.2) is 13.9 Å². The first-order valence-electron chi connectivity index (χ1n) is 11.9. The molecule has 7 nitrogen and oxygen atoms in total. The van der Waals surface area contributed by atoms with Crippen molar-refractivity contribution >= 4 is 35.0 Å². The summed E-state index contributed by atoms with van der Waals surface area (Å²) in [6, 6.07) is 14.2. The van der Waals surface area contributed by atoms with E-state index < -0.39 is 11.8 Å². The van der Waals surface area contributed by atoms with E-state index >= 15 is 0 Å². The van der Waals surface area contributed by atoms with Crippen LogP contribution in [0.5, 0.6) is 0 Å². The van der Waals surface area contributed by atoms with Crippen LogP contribution in [0.4, 0.5) is 20.7 Å². The lowest BCUT2D eigenvalue weighted by Gasteiger charge is -2.23. The molecule has 2 aromatic carbocycles. The zero-order chi connectivity index (χ0) is 26.5. The molecule has 0 aliphatic carbocycles. The summed E-state index contributed by atoms with van der Waals surface area (Å²) < 4.78 is 15.2. The lowest BCUT2D eigenvalue weighted by Crippen LogP contribution is -2.41. The summed E-state index contributed by atoms with van der Waals surface area (Å²) in [5.41, 5.74) is 1.62. The molecule has 3 amide bonds. The molecule has 2 N–H and O–H groups in total. The Morgan fingerprint density at radius 3 is 2.39 bits per heavy atom. The number of hydrogen-bond acceptors (Lipinski definition) is 3. The number of rotatable bonds is 8. The Kier molecular flexibility index (Phi) is 8.74. The normalized spacial score (nSPS) is 11.4. The van der Waals surface area contributed by atoms with Gasteiger partial charge in [0.1, 0.15) is 18.2 Å². The molecule has 192 valence electrons. The van der Waals surface area contributed by atoms with Crippen molar-refractivity contribution in [3.05, 3.63) is 71.1 Å². The second-order valence-corrected chi connectivity index (χ2v) is 10.6. The van der Waals surface area contributed by atoms with Crippen LogP contribution in [0.25, 0.3) is 5.69 Å². The molecule has 1 heterocycles. The highest BCUT2D eigenvalue weighted by Gasteiger charge is 2.23. The maximum Gasteiger partial charge on any atom is 0.322 e. The van der Waals surface area contributed by atoms with E-state index in [0.29, 0.717) is 35.4 Å². The highest BCUT2D eigenvalue weighted by molar-refractivity contribution is 6.30. The number of nitrogens with zero attached hydrogens (tertiary/aromatic N) is 3. The number of hydrogen-bond donors (Lipinski definition) is 2.